The lowest BCUT2D eigenvalue weighted by Crippen LogP contribution is -2.19. The molecule has 0 spiro atoms. The summed E-state index contributed by atoms with van der Waals surface area (Å²) in [4.78, 5) is 11.9. The summed E-state index contributed by atoms with van der Waals surface area (Å²) >= 11 is 3.20. The fraction of sp³-hybridized carbons (Fsp3) is 0.364. The second-order valence-electron chi connectivity index (χ2n) is 3.33. The maximum absolute atomic E-state index is 13.5. The van der Waals surface area contributed by atoms with Gasteiger partial charge in [-0.2, -0.15) is 0 Å². The number of nitrogens with zero attached hydrogens (tertiary/aromatic N) is 1. The minimum Gasteiger partial charge on any atom is -0.372 e. The van der Waals surface area contributed by atoms with Crippen molar-refractivity contribution in [2.24, 2.45) is 0 Å². The number of halogens is 2. The predicted molar refractivity (Wildman–Crippen MR) is 62.7 cm³/mol. The molecule has 82 valence electrons. The zero-order valence-corrected chi connectivity index (χ0v) is 10.1. The van der Waals surface area contributed by atoms with E-state index in [9.17, 15) is 9.18 Å². The lowest BCUT2D eigenvalue weighted by Gasteiger charge is -2.19. The molecular formula is C11H13BrFNO. The van der Waals surface area contributed by atoms with Crippen LogP contribution in [0.15, 0.2) is 22.7 Å². The molecule has 0 atom stereocenters. The lowest BCUT2D eigenvalue weighted by atomic mass is 10.2. The molecule has 0 bridgehead atoms. The molecule has 15 heavy (non-hydrogen) atoms. The summed E-state index contributed by atoms with van der Waals surface area (Å²) in [7, 11) is 1.82. The van der Waals surface area contributed by atoms with Gasteiger partial charge in [0.15, 0.2) is 0 Å². The highest BCUT2D eigenvalue weighted by Crippen LogP contribution is 2.22. The summed E-state index contributed by atoms with van der Waals surface area (Å²) in [6.45, 7) is 0.678. The molecule has 0 amide bonds. The van der Waals surface area contributed by atoms with Crippen LogP contribution in [0.5, 0.6) is 0 Å². The maximum Gasteiger partial charge on any atom is 0.147 e. The Morgan fingerprint density at radius 3 is 2.87 bits per heavy atom. The van der Waals surface area contributed by atoms with Crippen molar-refractivity contribution in [2.75, 3.05) is 18.5 Å². The largest absolute Gasteiger partial charge is 0.372 e. The summed E-state index contributed by atoms with van der Waals surface area (Å²) in [5.41, 5.74) is 0.559. The number of benzene rings is 1. The predicted octanol–water partition coefficient (Wildman–Crippen LogP) is 3.00. The molecule has 2 nitrogen and oxygen atoms in total. The summed E-state index contributed by atoms with van der Waals surface area (Å²) < 4.78 is 14.2. The van der Waals surface area contributed by atoms with Crippen LogP contribution in [0.3, 0.4) is 0 Å². The van der Waals surface area contributed by atoms with Gasteiger partial charge in [-0.25, -0.2) is 4.39 Å². The first-order valence-electron chi connectivity index (χ1n) is 4.75. The molecule has 0 saturated heterocycles. The fourth-order valence-electron chi connectivity index (χ4n) is 1.32. The minimum absolute atomic E-state index is 0.252. The van der Waals surface area contributed by atoms with E-state index in [-0.39, 0.29) is 5.82 Å². The maximum atomic E-state index is 13.5. The third kappa shape index (κ3) is 3.63. The van der Waals surface area contributed by atoms with Gasteiger partial charge in [0.2, 0.25) is 0 Å². The lowest BCUT2D eigenvalue weighted by molar-refractivity contribution is -0.107. The topological polar surface area (TPSA) is 20.3 Å². The van der Waals surface area contributed by atoms with Crippen molar-refractivity contribution < 1.29 is 9.18 Å². The molecule has 0 radical (unpaired) electrons. The Morgan fingerprint density at radius 2 is 2.27 bits per heavy atom. The number of aldehydes is 1. The van der Waals surface area contributed by atoms with E-state index in [0.29, 0.717) is 18.7 Å². The average molecular weight is 274 g/mol. The van der Waals surface area contributed by atoms with Crippen molar-refractivity contribution >= 4 is 27.9 Å². The highest BCUT2D eigenvalue weighted by atomic mass is 79.9. The molecule has 0 fully saturated rings. The number of hydrogen-bond acceptors (Lipinski definition) is 2. The second kappa shape index (κ2) is 5.85. The Morgan fingerprint density at radius 1 is 1.53 bits per heavy atom. The molecule has 0 aromatic heterocycles. The Kier molecular flexibility index (Phi) is 4.75. The van der Waals surface area contributed by atoms with E-state index in [1.165, 1.54) is 6.07 Å². The molecule has 4 heteroatoms. The van der Waals surface area contributed by atoms with Gasteiger partial charge in [0, 0.05) is 24.5 Å². The van der Waals surface area contributed by atoms with Crippen molar-refractivity contribution in [2.45, 2.75) is 12.8 Å². The Labute approximate surface area is 97.2 Å². The number of anilines is 1. The van der Waals surface area contributed by atoms with Gasteiger partial charge >= 0.3 is 0 Å². The molecule has 0 unspecified atom stereocenters. The first kappa shape index (κ1) is 12.2. The van der Waals surface area contributed by atoms with Crippen LogP contribution in [0.2, 0.25) is 0 Å². The van der Waals surface area contributed by atoms with Crippen molar-refractivity contribution in [1.82, 2.24) is 0 Å². The van der Waals surface area contributed by atoms with Crippen molar-refractivity contribution in [3.8, 4) is 0 Å². The summed E-state index contributed by atoms with van der Waals surface area (Å²) in [5, 5.41) is 0. The highest BCUT2D eigenvalue weighted by Gasteiger charge is 2.06. The van der Waals surface area contributed by atoms with Gasteiger partial charge in [-0.15, -0.1) is 0 Å². The molecule has 0 N–H and O–H groups in total. The summed E-state index contributed by atoms with van der Waals surface area (Å²) in [5.74, 6) is -0.252. The number of hydrogen-bond donors (Lipinski definition) is 0. The van der Waals surface area contributed by atoms with Gasteiger partial charge in [-0.3, -0.25) is 0 Å². The van der Waals surface area contributed by atoms with E-state index in [4.69, 9.17) is 0 Å². The van der Waals surface area contributed by atoms with Crippen LogP contribution in [0.4, 0.5) is 10.1 Å². The molecule has 0 heterocycles. The normalized spacial score (nSPS) is 10.1. The minimum atomic E-state index is -0.252. The smallest absolute Gasteiger partial charge is 0.147 e. The fourth-order valence-corrected chi connectivity index (χ4v) is 1.66. The highest BCUT2D eigenvalue weighted by molar-refractivity contribution is 9.10. The van der Waals surface area contributed by atoms with E-state index in [1.54, 1.807) is 12.1 Å². The van der Waals surface area contributed by atoms with Gasteiger partial charge in [0.1, 0.15) is 12.1 Å². The molecule has 0 aliphatic carbocycles. The van der Waals surface area contributed by atoms with Crippen LogP contribution >= 0.6 is 15.9 Å². The van der Waals surface area contributed by atoms with E-state index in [0.717, 1.165) is 17.2 Å². The average Bonchev–Trinajstić information content (AvgIpc) is 2.17. The molecular weight excluding hydrogens is 261 g/mol. The van der Waals surface area contributed by atoms with Crippen LogP contribution in [-0.2, 0) is 4.79 Å². The second-order valence-corrected chi connectivity index (χ2v) is 4.24. The monoisotopic (exact) mass is 273 g/mol. The standard InChI is InChI=1S/C11H13BrFNO/c1-14(6-2-3-7-15)11-5-4-9(12)8-10(11)13/h4-5,7-8H,2-3,6H2,1H3. The van der Waals surface area contributed by atoms with Crippen molar-refractivity contribution in [3.63, 3.8) is 0 Å². The first-order valence-corrected chi connectivity index (χ1v) is 5.54. The first-order chi connectivity index (χ1) is 7.15. The Bertz CT molecular complexity index is 343. The zero-order chi connectivity index (χ0) is 11.3. The van der Waals surface area contributed by atoms with Crippen LogP contribution in [0.25, 0.3) is 0 Å². The van der Waals surface area contributed by atoms with Gasteiger partial charge < -0.3 is 9.69 Å². The molecule has 1 aromatic carbocycles. The SMILES string of the molecule is CN(CCCC=O)c1ccc(Br)cc1F. The molecule has 0 saturated carbocycles. The van der Waals surface area contributed by atoms with E-state index in [1.807, 2.05) is 11.9 Å². The van der Waals surface area contributed by atoms with Crippen LogP contribution in [0, 0.1) is 5.82 Å². The molecule has 0 aliphatic rings. The third-order valence-corrected chi connectivity index (χ3v) is 2.63. The van der Waals surface area contributed by atoms with Crippen LogP contribution in [-0.4, -0.2) is 19.9 Å². The van der Waals surface area contributed by atoms with Gasteiger partial charge in [0.25, 0.3) is 0 Å². The van der Waals surface area contributed by atoms with Crippen LogP contribution in [0.1, 0.15) is 12.8 Å². The van der Waals surface area contributed by atoms with Crippen LogP contribution < -0.4 is 4.90 Å². The number of carbonyl (C=O) groups is 1. The number of rotatable bonds is 5. The summed E-state index contributed by atoms with van der Waals surface area (Å²) in [6.07, 6.45) is 2.14. The third-order valence-electron chi connectivity index (χ3n) is 2.14. The Hall–Kier alpha value is -0.900. The van der Waals surface area contributed by atoms with Crippen molar-refractivity contribution in [1.29, 1.82) is 0 Å². The number of unbranched alkanes of at least 4 members (excludes halogenated alkanes) is 1. The molecule has 0 aliphatic heterocycles. The van der Waals surface area contributed by atoms with E-state index < -0.39 is 0 Å². The zero-order valence-electron chi connectivity index (χ0n) is 8.54. The molecule has 1 aromatic rings. The van der Waals surface area contributed by atoms with E-state index in [2.05, 4.69) is 15.9 Å². The van der Waals surface area contributed by atoms with Gasteiger partial charge in [-0.05, 0) is 24.6 Å². The Balaban J connectivity index is 2.64. The van der Waals surface area contributed by atoms with E-state index >= 15 is 0 Å². The van der Waals surface area contributed by atoms with Gasteiger partial charge in [0.05, 0.1) is 5.69 Å². The van der Waals surface area contributed by atoms with Gasteiger partial charge in [-0.1, -0.05) is 15.9 Å². The number of carbonyl (C=O) groups excluding carboxylic acids is 1. The summed E-state index contributed by atoms with van der Waals surface area (Å²) in [6, 6.07) is 4.96. The quantitative estimate of drug-likeness (QED) is 0.607. The van der Waals surface area contributed by atoms with Crippen molar-refractivity contribution in [3.05, 3.63) is 28.5 Å². The molecule has 1 rings (SSSR count).